The van der Waals surface area contributed by atoms with E-state index in [1.807, 2.05) is 27.7 Å². The molecule has 0 atom stereocenters. The van der Waals surface area contributed by atoms with Crippen LogP contribution in [-0.4, -0.2) is 0 Å². The molecular weight excluding hydrogens is 84.1 g/mol. The Bertz CT molecular complexity index is 4.75. The van der Waals surface area contributed by atoms with Gasteiger partial charge in [0.1, 0.15) is 0 Å². The second-order valence-electron chi connectivity index (χ2n) is 1.06. The van der Waals surface area contributed by atoms with Crippen molar-refractivity contribution in [2.24, 2.45) is 0 Å². The molecule has 0 bridgehead atoms. The maximum absolute atomic E-state index is 2.00. The fraction of sp³-hybridized carbons (Fsp3) is 1.00. The van der Waals surface area contributed by atoms with Crippen LogP contribution in [0.3, 0.4) is 0 Å². The van der Waals surface area contributed by atoms with E-state index in [1.165, 1.54) is 19.3 Å². The third kappa shape index (κ3) is 96.0. The van der Waals surface area contributed by atoms with Gasteiger partial charge < -0.3 is 0 Å². The Kier molecular flexibility index (Phi) is 24.0. The van der Waals surface area contributed by atoms with Crippen molar-refractivity contribution in [1.29, 1.82) is 0 Å². The highest BCUT2D eigenvalue weighted by Gasteiger charge is 1.95. The topological polar surface area (TPSA) is 0 Å². The van der Waals surface area contributed by atoms with Crippen LogP contribution in [-0.2, 0) is 0 Å². The Labute approximate surface area is 47.9 Å². The van der Waals surface area contributed by atoms with Gasteiger partial charge in [-0.2, -0.15) is 0 Å². The molecule has 0 N–H and O–H groups in total. The molecule has 0 heterocycles. The van der Waals surface area contributed by atoms with Gasteiger partial charge in [0.05, 0.1) is 0 Å². The molecule has 0 unspecified atom stereocenters. The van der Waals surface area contributed by atoms with E-state index < -0.39 is 0 Å². The third-order valence-corrected chi connectivity index (χ3v) is 0.354. The first-order valence-corrected chi connectivity index (χ1v) is 3.50. The van der Waals surface area contributed by atoms with Crippen LogP contribution < -0.4 is 0 Å². The molecule has 0 nitrogen and oxygen atoms in total. The van der Waals surface area contributed by atoms with Gasteiger partial charge in [-0.05, 0) is 0 Å². The van der Waals surface area contributed by atoms with Crippen LogP contribution in [0.2, 0.25) is 0 Å². The summed E-state index contributed by atoms with van der Waals surface area (Å²) in [6.07, 6.45) is 4.50. The van der Waals surface area contributed by atoms with E-state index in [2.05, 4.69) is 0 Å². The SMILES string of the molecule is C1CC1.CC.CC. The van der Waals surface area contributed by atoms with E-state index in [0.29, 0.717) is 0 Å². The summed E-state index contributed by atoms with van der Waals surface area (Å²) in [6, 6.07) is 0. The van der Waals surface area contributed by atoms with Crippen molar-refractivity contribution in [2.75, 3.05) is 0 Å². The smallest absolute Gasteiger partial charge is 0.0533 e. The van der Waals surface area contributed by atoms with E-state index in [4.69, 9.17) is 0 Å². The normalized spacial score (nSPS) is 12.0. The molecule has 0 aromatic carbocycles. The molecule has 1 fully saturated rings. The van der Waals surface area contributed by atoms with E-state index in [0.717, 1.165) is 0 Å². The fourth-order valence-electron chi connectivity index (χ4n) is 0. The van der Waals surface area contributed by atoms with Gasteiger partial charge in [-0.1, -0.05) is 47.0 Å². The average Bonchev–Trinajstić information content (AvgIpc) is 2.58. The summed E-state index contributed by atoms with van der Waals surface area (Å²) in [6.45, 7) is 8.00. The van der Waals surface area contributed by atoms with Crippen LogP contribution >= 0.6 is 0 Å². The monoisotopic (exact) mass is 102 g/mol. The third-order valence-electron chi connectivity index (χ3n) is 0.354. The number of hydrogen-bond donors (Lipinski definition) is 0. The van der Waals surface area contributed by atoms with Crippen molar-refractivity contribution in [3.63, 3.8) is 0 Å². The summed E-state index contributed by atoms with van der Waals surface area (Å²) in [7, 11) is 0. The van der Waals surface area contributed by atoms with Crippen LogP contribution in [0.25, 0.3) is 0 Å². The van der Waals surface area contributed by atoms with Crippen molar-refractivity contribution in [3.05, 3.63) is 0 Å². The Morgan fingerprint density at radius 1 is 0.571 bits per heavy atom. The van der Waals surface area contributed by atoms with Crippen molar-refractivity contribution in [1.82, 2.24) is 0 Å². The molecule has 7 heavy (non-hydrogen) atoms. The van der Waals surface area contributed by atoms with Gasteiger partial charge in [-0.15, -0.1) is 0 Å². The molecule has 0 saturated heterocycles. The molecule has 1 rings (SSSR count). The zero-order valence-corrected chi connectivity index (χ0v) is 6.12. The molecule has 0 aromatic heterocycles. The van der Waals surface area contributed by atoms with Gasteiger partial charge in [0.25, 0.3) is 0 Å². The maximum atomic E-state index is 2.00. The van der Waals surface area contributed by atoms with Crippen LogP contribution in [0.15, 0.2) is 0 Å². The molecule has 0 radical (unpaired) electrons. The van der Waals surface area contributed by atoms with Crippen LogP contribution in [0.4, 0.5) is 0 Å². The van der Waals surface area contributed by atoms with Crippen LogP contribution in [0.5, 0.6) is 0 Å². The summed E-state index contributed by atoms with van der Waals surface area (Å²) in [5.41, 5.74) is 0. The molecule has 1 aliphatic rings. The van der Waals surface area contributed by atoms with Crippen molar-refractivity contribution in [3.8, 4) is 0 Å². The molecule has 46 valence electrons. The Balaban J connectivity index is 0. The Morgan fingerprint density at radius 3 is 0.714 bits per heavy atom. The average molecular weight is 102 g/mol. The first-order valence-electron chi connectivity index (χ1n) is 3.50. The lowest BCUT2D eigenvalue weighted by Gasteiger charge is -1.07. The highest BCUT2D eigenvalue weighted by Crippen LogP contribution is 2.14. The van der Waals surface area contributed by atoms with Gasteiger partial charge in [0.15, 0.2) is 0 Å². The molecule has 0 spiro atoms. The summed E-state index contributed by atoms with van der Waals surface area (Å²) >= 11 is 0. The second-order valence-corrected chi connectivity index (χ2v) is 1.06. The van der Waals surface area contributed by atoms with Gasteiger partial charge >= 0.3 is 0 Å². The predicted molar refractivity (Wildman–Crippen MR) is 36.5 cm³/mol. The summed E-state index contributed by atoms with van der Waals surface area (Å²) < 4.78 is 0. The first-order chi connectivity index (χ1) is 3.50. The molecule has 0 aromatic rings. The zero-order chi connectivity index (χ0) is 6.12. The lowest BCUT2D eigenvalue weighted by atomic mass is 11.0. The molecular formula is C7H18. The second kappa shape index (κ2) is 16.7. The van der Waals surface area contributed by atoms with Gasteiger partial charge in [-0.3, -0.25) is 0 Å². The highest BCUT2D eigenvalue weighted by atomic mass is 14.0. The largest absolute Gasteiger partial charge is 0.0683 e. The summed E-state index contributed by atoms with van der Waals surface area (Å²) in [4.78, 5) is 0. The molecule has 1 aliphatic carbocycles. The van der Waals surface area contributed by atoms with Crippen molar-refractivity contribution in [2.45, 2.75) is 47.0 Å². The van der Waals surface area contributed by atoms with Crippen molar-refractivity contribution >= 4 is 0 Å². The molecule has 0 amide bonds. The Morgan fingerprint density at radius 2 is 0.714 bits per heavy atom. The number of hydrogen-bond acceptors (Lipinski definition) is 0. The standard InChI is InChI=1S/C3H6.2C2H6/c1-2-3-1;2*1-2/h1-3H2;2*1-2H3. The quantitative estimate of drug-likeness (QED) is 0.440. The molecule has 1 saturated carbocycles. The highest BCUT2D eigenvalue weighted by molar-refractivity contribution is 4.50. The minimum absolute atomic E-state index is 1.50. The molecule has 0 heteroatoms. The minimum Gasteiger partial charge on any atom is -0.0683 e. The predicted octanol–water partition coefficient (Wildman–Crippen LogP) is 3.22. The summed E-state index contributed by atoms with van der Waals surface area (Å²) in [5.74, 6) is 0. The lowest BCUT2D eigenvalue weighted by molar-refractivity contribution is 1.50. The minimum atomic E-state index is 1.50. The zero-order valence-electron chi connectivity index (χ0n) is 6.12. The first kappa shape index (κ1) is 10.1. The van der Waals surface area contributed by atoms with E-state index in [-0.39, 0.29) is 0 Å². The summed E-state index contributed by atoms with van der Waals surface area (Å²) in [5, 5.41) is 0. The van der Waals surface area contributed by atoms with Gasteiger partial charge in [0, 0.05) is 0 Å². The Hall–Kier alpha value is 0. The number of rotatable bonds is 0. The molecule has 0 aliphatic heterocycles. The van der Waals surface area contributed by atoms with Gasteiger partial charge in [-0.25, -0.2) is 0 Å². The van der Waals surface area contributed by atoms with Crippen LogP contribution in [0, 0.1) is 0 Å². The van der Waals surface area contributed by atoms with Gasteiger partial charge in [0.2, 0.25) is 0 Å². The maximum Gasteiger partial charge on any atom is -0.0533 e. The van der Waals surface area contributed by atoms with E-state index in [9.17, 15) is 0 Å². The fourth-order valence-corrected chi connectivity index (χ4v) is 0. The lowest BCUT2D eigenvalue weighted by Crippen LogP contribution is -0.856. The van der Waals surface area contributed by atoms with Crippen molar-refractivity contribution < 1.29 is 0 Å². The van der Waals surface area contributed by atoms with Crippen LogP contribution in [0.1, 0.15) is 47.0 Å². The van der Waals surface area contributed by atoms with E-state index >= 15 is 0 Å². The van der Waals surface area contributed by atoms with E-state index in [1.54, 1.807) is 0 Å².